The van der Waals surface area contributed by atoms with Crippen LogP contribution in [0.4, 0.5) is 0 Å². The first-order valence-electron chi connectivity index (χ1n) is 10.4. The minimum absolute atomic E-state index is 0.158. The highest BCUT2D eigenvalue weighted by molar-refractivity contribution is 7.88. The number of fused-ring (bicyclic) bond motifs is 1. The fourth-order valence-electron chi connectivity index (χ4n) is 4.08. The molecule has 1 fully saturated rings. The molecule has 0 N–H and O–H groups in total. The van der Waals surface area contributed by atoms with Crippen LogP contribution in [-0.4, -0.2) is 56.8 Å². The lowest BCUT2D eigenvalue weighted by Gasteiger charge is -2.47. The van der Waals surface area contributed by atoms with Crippen molar-refractivity contribution in [1.82, 2.24) is 29.0 Å². The number of hydrogen-bond acceptors (Lipinski definition) is 7. The molecule has 166 valence electrons. The zero-order valence-electron chi connectivity index (χ0n) is 18.2. The monoisotopic (exact) mass is 459 g/mol. The van der Waals surface area contributed by atoms with Gasteiger partial charge in [0, 0.05) is 48.3 Å². The van der Waals surface area contributed by atoms with Crippen LogP contribution in [-0.2, 0) is 15.6 Å². The van der Waals surface area contributed by atoms with Crippen molar-refractivity contribution >= 4 is 20.9 Å². The second-order valence-corrected chi connectivity index (χ2v) is 10.3. The van der Waals surface area contributed by atoms with Gasteiger partial charge in [-0.2, -0.15) is 14.7 Å². The van der Waals surface area contributed by atoms with Gasteiger partial charge in [0.15, 0.2) is 0 Å². The van der Waals surface area contributed by atoms with E-state index in [0.29, 0.717) is 11.4 Å². The van der Waals surface area contributed by atoms with Gasteiger partial charge in [-0.05, 0) is 43.3 Å². The molecule has 1 saturated heterocycles. The predicted molar refractivity (Wildman–Crippen MR) is 123 cm³/mol. The first kappa shape index (κ1) is 21.2. The molecule has 9 nitrogen and oxygen atoms in total. The van der Waals surface area contributed by atoms with Crippen LogP contribution in [0.15, 0.2) is 55.0 Å². The molecule has 33 heavy (non-hydrogen) atoms. The van der Waals surface area contributed by atoms with Crippen molar-refractivity contribution in [3.05, 3.63) is 60.7 Å². The Morgan fingerprint density at radius 3 is 2.67 bits per heavy atom. The van der Waals surface area contributed by atoms with Gasteiger partial charge in [0.2, 0.25) is 10.0 Å². The van der Waals surface area contributed by atoms with Gasteiger partial charge in [-0.3, -0.25) is 14.6 Å². The summed E-state index contributed by atoms with van der Waals surface area (Å²) in [5.74, 6) is 0. The van der Waals surface area contributed by atoms with E-state index < -0.39 is 15.6 Å². The molecule has 1 aliphatic rings. The fourth-order valence-corrected chi connectivity index (χ4v) is 5.03. The SMILES string of the molecule is Cc1ccc(-c2cc3ncccc3c(-c3ccn(C4(CC#N)CN(S(C)(=O)=O)C4)n3)n2)cn1. The van der Waals surface area contributed by atoms with Crippen molar-refractivity contribution in [3.63, 3.8) is 0 Å². The Morgan fingerprint density at radius 2 is 1.97 bits per heavy atom. The molecule has 0 amide bonds. The van der Waals surface area contributed by atoms with Crippen LogP contribution >= 0.6 is 0 Å². The van der Waals surface area contributed by atoms with Gasteiger partial charge >= 0.3 is 0 Å². The van der Waals surface area contributed by atoms with Gasteiger partial charge in [-0.25, -0.2) is 13.4 Å². The number of aryl methyl sites for hydroxylation is 1. The Kier molecular flexibility index (Phi) is 4.96. The maximum atomic E-state index is 11.9. The number of nitriles is 1. The van der Waals surface area contributed by atoms with Crippen molar-refractivity contribution in [2.75, 3.05) is 19.3 Å². The minimum atomic E-state index is -3.32. The third kappa shape index (κ3) is 3.75. The number of pyridine rings is 3. The van der Waals surface area contributed by atoms with Crippen molar-refractivity contribution < 1.29 is 8.42 Å². The van der Waals surface area contributed by atoms with Gasteiger partial charge in [-0.15, -0.1) is 0 Å². The molecule has 5 rings (SSSR count). The number of nitrogens with zero attached hydrogens (tertiary/aromatic N) is 7. The number of rotatable bonds is 5. The van der Waals surface area contributed by atoms with Gasteiger partial charge in [-0.1, -0.05) is 0 Å². The summed E-state index contributed by atoms with van der Waals surface area (Å²) >= 11 is 0. The lowest BCUT2D eigenvalue weighted by molar-refractivity contribution is 0.0726. The van der Waals surface area contributed by atoms with Gasteiger partial charge in [0.1, 0.15) is 16.9 Å². The van der Waals surface area contributed by atoms with Crippen molar-refractivity contribution in [2.24, 2.45) is 0 Å². The molecule has 0 radical (unpaired) electrons. The van der Waals surface area contributed by atoms with E-state index in [1.54, 1.807) is 23.3 Å². The van der Waals surface area contributed by atoms with E-state index in [2.05, 4.69) is 16.0 Å². The second kappa shape index (κ2) is 7.72. The molecule has 4 aromatic heterocycles. The van der Waals surface area contributed by atoms with Gasteiger partial charge in [0.05, 0.1) is 30.0 Å². The Balaban J connectivity index is 1.59. The standard InChI is InChI=1S/C23H21N7O2S/c1-16-5-6-17(13-26-16)20-12-21-18(4-3-10-25-21)22(27-20)19-7-11-30(28-19)23(8-9-24)14-29(15-23)33(2,31)32/h3-7,10-13H,8,14-15H2,1-2H3. The maximum Gasteiger partial charge on any atom is 0.211 e. The normalized spacial score (nSPS) is 15.8. The Bertz CT molecular complexity index is 1500. The van der Waals surface area contributed by atoms with Crippen molar-refractivity contribution in [2.45, 2.75) is 18.9 Å². The summed E-state index contributed by atoms with van der Waals surface area (Å²) in [6.07, 6.45) is 6.64. The molecular weight excluding hydrogens is 438 g/mol. The smallest absolute Gasteiger partial charge is 0.211 e. The number of sulfonamides is 1. The van der Waals surface area contributed by atoms with Crippen LogP contribution in [0.1, 0.15) is 12.1 Å². The van der Waals surface area contributed by atoms with E-state index in [9.17, 15) is 13.7 Å². The highest BCUT2D eigenvalue weighted by Crippen LogP contribution is 2.35. The molecule has 10 heteroatoms. The summed E-state index contributed by atoms with van der Waals surface area (Å²) in [7, 11) is -3.32. The van der Waals surface area contributed by atoms with Crippen molar-refractivity contribution in [1.29, 1.82) is 5.26 Å². The van der Waals surface area contributed by atoms with E-state index in [4.69, 9.17) is 10.1 Å². The van der Waals surface area contributed by atoms with Gasteiger partial charge < -0.3 is 0 Å². The largest absolute Gasteiger partial charge is 0.262 e. The summed E-state index contributed by atoms with van der Waals surface area (Å²) in [5, 5.41) is 15.0. The van der Waals surface area contributed by atoms with E-state index in [1.165, 1.54) is 10.6 Å². The minimum Gasteiger partial charge on any atom is -0.262 e. The molecule has 0 spiro atoms. The molecule has 4 aromatic rings. The molecule has 0 atom stereocenters. The Hall–Kier alpha value is -3.68. The van der Waals surface area contributed by atoms with Crippen LogP contribution < -0.4 is 0 Å². The lowest BCUT2D eigenvalue weighted by Crippen LogP contribution is -2.63. The second-order valence-electron chi connectivity index (χ2n) is 8.35. The molecule has 5 heterocycles. The third-order valence-corrected chi connectivity index (χ3v) is 7.14. The number of hydrogen-bond donors (Lipinski definition) is 0. The summed E-state index contributed by atoms with van der Waals surface area (Å²) < 4.78 is 26.9. The Morgan fingerprint density at radius 1 is 1.15 bits per heavy atom. The molecular formula is C23H21N7O2S. The number of aromatic nitrogens is 5. The zero-order valence-corrected chi connectivity index (χ0v) is 19.0. The summed E-state index contributed by atoms with van der Waals surface area (Å²) in [6.45, 7) is 2.36. The maximum absolute atomic E-state index is 11.9. The summed E-state index contributed by atoms with van der Waals surface area (Å²) in [4.78, 5) is 13.8. The Labute approximate surface area is 191 Å². The van der Waals surface area contributed by atoms with Crippen LogP contribution in [0.3, 0.4) is 0 Å². The van der Waals surface area contributed by atoms with Crippen LogP contribution in [0.5, 0.6) is 0 Å². The fraction of sp³-hybridized carbons (Fsp3) is 0.261. The molecule has 0 unspecified atom stereocenters. The quantitative estimate of drug-likeness (QED) is 0.450. The topological polar surface area (TPSA) is 118 Å². The highest BCUT2D eigenvalue weighted by atomic mass is 32.2. The lowest BCUT2D eigenvalue weighted by atomic mass is 9.89. The van der Waals surface area contributed by atoms with Crippen LogP contribution in [0, 0.1) is 18.3 Å². The van der Waals surface area contributed by atoms with E-state index >= 15 is 0 Å². The van der Waals surface area contributed by atoms with Crippen molar-refractivity contribution in [3.8, 4) is 28.7 Å². The zero-order chi connectivity index (χ0) is 23.2. The molecule has 0 aromatic carbocycles. The predicted octanol–water partition coefficient (Wildman–Crippen LogP) is 2.75. The first-order chi connectivity index (χ1) is 15.8. The summed E-state index contributed by atoms with van der Waals surface area (Å²) in [5.41, 5.74) is 3.91. The van der Waals surface area contributed by atoms with Gasteiger partial charge in [0.25, 0.3) is 0 Å². The van der Waals surface area contributed by atoms with E-state index in [-0.39, 0.29) is 19.5 Å². The average molecular weight is 460 g/mol. The van der Waals surface area contributed by atoms with Crippen LogP contribution in [0.25, 0.3) is 33.5 Å². The molecule has 1 aliphatic heterocycles. The molecule has 0 aliphatic carbocycles. The van der Waals surface area contributed by atoms with E-state index in [0.717, 1.165) is 27.9 Å². The first-order valence-corrected chi connectivity index (χ1v) is 12.2. The van der Waals surface area contributed by atoms with Crippen LogP contribution in [0.2, 0.25) is 0 Å². The van der Waals surface area contributed by atoms with E-state index in [1.807, 2.05) is 43.3 Å². The average Bonchev–Trinajstić information content (AvgIpc) is 3.25. The molecule has 0 bridgehead atoms. The third-order valence-electron chi connectivity index (χ3n) is 5.94. The molecule has 0 saturated carbocycles. The highest BCUT2D eigenvalue weighted by Gasteiger charge is 2.49. The summed E-state index contributed by atoms with van der Waals surface area (Å²) in [6, 6.07) is 13.6.